The van der Waals surface area contributed by atoms with E-state index < -0.39 is 19.7 Å². The lowest BCUT2D eigenvalue weighted by atomic mass is 10.0. The van der Waals surface area contributed by atoms with Gasteiger partial charge in [0.15, 0.2) is 8.32 Å². The van der Waals surface area contributed by atoms with E-state index in [9.17, 15) is 14.7 Å². The van der Waals surface area contributed by atoms with Gasteiger partial charge in [-0.05, 0) is 59.9 Å². The molecule has 0 saturated carbocycles. The molecule has 2 unspecified atom stereocenters. The van der Waals surface area contributed by atoms with Gasteiger partial charge in [-0.3, -0.25) is 4.79 Å². The van der Waals surface area contributed by atoms with Crippen molar-refractivity contribution in [1.29, 1.82) is 0 Å². The Morgan fingerprint density at radius 1 is 1.32 bits per heavy atom. The molecule has 0 saturated heterocycles. The number of halogens is 1. The second-order valence-electron chi connectivity index (χ2n) is 9.45. The molecular weight excluding hydrogens is 480 g/mol. The Labute approximate surface area is 193 Å². The third-order valence-corrected chi connectivity index (χ3v) is 11.3. The molecule has 2 heterocycles. The molecule has 7 nitrogen and oxygen atoms in total. The maximum atomic E-state index is 12.8. The van der Waals surface area contributed by atoms with Gasteiger partial charge >= 0.3 is 5.97 Å². The number of aromatic carboxylic acids is 1. The lowest BCUT2D eigenvalue weighted by molar-refractivity contribution is 0.0694. The van der Waals surface area contributed by atoms with Crippen molar-refractivity contribution < 1.29 is 19.1 Å². The van der Waals surface area contributed by atoms with Crippen LogP contribution in [0.4, 0.5) is 0 Å². The van der Waals surface area contributed by atoms with Crippen LogP contribution < -0.4 is 10.2 Å². The summed E-state index contributed by atoms with van der Waals surface area (Å²) in [5.74, 6) is -0.839. The first-order valence-corrected chi connectivity index (χ1v) is 14.2. The highest BCUT2D eigenvalue weighted by Gasteiger charge is 2.37. The Morgan fingerprint density at radius 3 is 2.45 bits per heavy atom. The minimum absolute atomic E-state index is 0.0578. The minimum Gasteiger partial charge on any atom is -0.477 e. The summed E-state index contributed by atoms with van der Waals surface area (Å²) in [6, 6.07) is 1.43. The van der Waals surface area contributed by atoms with Crippen molar-refractivity contribution in [1.82, 2.24) is 9.55 Å². The van der Waals surface area contributed by atoms with Crippen LogP contribution in [0.1, 0.15) is 57.9 Å². The molecule has 9 heteroatoms. The lowest BCUT2D eigenvalue weighted by Gasteiger charge is -2.37. The Balaban J connectivity index is 2.56. The highest BCUT2D eigenvalue weighted by molar-refractivity contribution is 9.10. The average molecular weight is 514 g/mol. The first kappa shape index (κ1) is 25.5. The van der Waals surface area contributed by atoms with Crippen LogP contribution in [-0.2, 0) is 4.43 Å². The third-order valence-electron chi connectivity index (χ3n) is 6.21. The summed E-state index contributed by atoms with van der Waals surface area (Å²) in [5, 5.41) is 9.92. The van der Waals surface area contributed by atoms with E-state index in [0.717, 1.165) is 0 Å². The van der Waals surface area contributed by atoms with Crippen LogP contribution in [0.5, 0.6) is 5.88 Å². The van der Waals surface area contributed by atoms with Crippen LogP contribution in [-0.4, -0.2) is 42.2 Å². The van der Waals surface area contributed by atoms with Gasteiger partial charge in [0.25, 0.3) is 0 Å². The highest BCUT2D eigenvalue weighted by atomic mass is 79.9. The number of carboxylic acids is 1. The van der Waals surface area contributed by atoms with Gasteiger partial charge in [-0.1, -0.05) is 27.7 Å². The Hall–Kier alpha value is -1.71. The number of hydrogen-bond acceptors (Lipinski definition) is 5. The molecule has 1 N–H and O–H groups in total. The molecule has 0 bridgehead atoms. The van der Waals surface area contributed by atoms with Crippen molar-refractivity contribution in [2.45, 2.75) is 65.7 Å². The summed E-state index contributed by atoms with van der Waals surface area (Å²) in [7, 11) is -1.93. The fourth-order valence-electron chi connectivity index (χ4n) is 2.90. The van der Waals surface area contributed by atoms with E-state index in [4.69, 9.17) is 9.16 Å². The van der Waals surface area contributed by atoms with Gasteiger partial charge < -0.3 is 18.8 Å². The third kappa shape index (κ3) is 5.38. The van der Waals surface area contributed by atoms with Crippen molar-refractivity contribution in [2.24, 2.45) is 5.92 Å². The molecule has 2 rings (SSSR count). The van der Waals surface area contributed by atoms with Crippen molar-refractivity contribution in [3.8, 4) is 5.88 Å². The number of pyridine rings is 2. The van der Waals surface area contributed by atoms with Crippen LogP contribution in [0.25, 0.3) is 11.0 Å². The normalized spacial score (nSPS) is 14.5. The molecule has 172 valence electrons. The predicted molar refractivity (Wildman–Crippen MR) is 129 cm³/mol. The maximum absolute atomic E-state index is 12.8. The number of carboxylic acid groups (broad SMARTS) is 1. The maximum Gasteiger partial charge on any atom is 0.341 e. The molecule has 0 aliphatic heterocycles. The molecule has 0 aliphatic rings. The topological polar surface area (TPSA) is 90.6 Å². The second kappa shape index (κ2) is 9.42. The first-order chi connectivity index (χ1) is 14.2. The summed E-state index contributed by atoms with van der Waals surface area (Å²) in [4.78, 5) is 29.1. The van der Waals surface area contributed by atoms with Crippen molar-refractivity contribution in [3.63, 3.8) is 0 Å². The molecule has 0 spiro atoms. The number of nitrogens with zero attached hydrogens (tertiary/aromatic N) is 2. The van der Waals surface area contributed by atoms with E-state index in [2.05, 4.69) is 61.7 Å². The van der Waals surface area contributed by atoms with E-state index >= 15 is 0 Å². The van der Waals surface area contributed by atoms with Gasteiger partial charge in [-0.15, -0.1) is 0 Å². The number of ether oxygens (including phenoxy) is 1. The summed E-state index contributed by atoms with van der Waals surface area (Å²) in [6.45, 7) is 17.8. The highest BCUT2D eigenvalue weighted by Crippen LogP contribution is 2.37. The quantitative estimate of drug-likeness (QED) is 0.471. The second-order valence-corrected chi connectivity index (χ2v) is 15.1. The minimum atomic E-state index is -1.93. The number of hydrogen-bond donors (Lipinski definition) is 1. The monoisotopic (exact) mass is 512 g/mol. The zero-order chi connectivity index (χ0) is 23.7. The molecule has 31 heavy (non-hydrogen) atoms. The molecule has 2 aromatic rings. The van der Waals surface area contributed by atoms with Gasteiger partial charge in [-0.25, -0.2) is 4.79 Å². The SMILES string of the molecule is CCOc1nc2c(cc1Br)c(=O)c(C(=O)O)cn2C(C)C(C)CO[Si](C)(C)C(C)(C)C. The zero-order valence-corrected chi connectivity index (χ0v) is 22.2. The first-order valence-electron chi connectivity index (χ1n) is 10.5. The summed E-state index contributed by atoms with van der Waals surface area (Å²) < 4.78 is 14.2. The van der Waals surface area contributed by atoms with Crippen molar-refractivity contribution >= 4 is 41.3 Å². The van der Waals surface area contributed by atoms with Gasteiger partial charge in [0, 0.05) is 18.8 Å². The number of carbonyl (C=O) groups is 1. The smallest absolute Gasteiger partial charge is 0.341 e. The molecule has 0 aromatic carbocycles. The molecule has 0 aliphatic carbocycles. The number of rotatable bonds is 8. The van der Waals surface area contributed by atoms with Gasteiger partial charge in [0.1, 0.15) is 11.2 Å². The van der Waals surface area contributed by atoms with Gasteiger partial charge in [-0.2, -0.15) is 4.98 Å². The van der Waals surface area contributed by atoms with Gasteiger partial charge in [0.05, 0.1) is 16.5 Å². The van der Waals surface area contributed by atoms with E-state index in [1.807, 2.05) is 13.8 Å². The van der Waals surface area contributed by atoms with Gasteiger partial charge in [0.2, 0.25) is 11.3 Å². The van der Waals surface area contributed by atoms with Crippen LogP contribution in [0, 0.1) is 5.92 Å². The molecule has 0 radical (unpaired) electrons. The Kier molecular flexibility index (Phi) is 7.76. The zero-order valence-electron chi connectivity index (χ0n) is 19.6. The van der Waals surface area contributed by atoms with E-state index in [0.29, 0.717) is 29.2 Å². The molecular formula is C22H33BrN2O5Si. The summed E-state index contributed by atoms with van der Waals surface area (Å²) in [5.41, 5.74) is -0.449. The molecule has 0 fully saturated rings. The van der Waals surface area contributed by atoms with Crippen molar-refractivity contribution in [3.05, 3.63) is 32.5 Å². The van der Waals surface area contributed by atoms with Crippen molar-refractivity contribution in [2.75, 3.05) is 13.2 Å². The average Bonchev–Trinajstić information content (AvgIpc) is 2.66. The van der Waals surface area contributed by atoms with Crippen LogP contribution in [0.3, 0.4) is 0 Å². The predicted octanol–water partition coefficient (Wildman–Crippen LogP) is 5.47. The lowest BCUT2D eigenvalue weighted by Crippen LogP contribution is -2.42. The van der Waals surface area contributed by atoms with E-state index in [-0.39, 0.29) is 27.9 Å². The molecule has 2 aromatic heterocycles. The summed E-state index contributed by atoms with van der Waals surface area (Å²) >= 11 is 3.37. The fraction of sp³-hybridized carbons (Fsp3) is 0.591. The summed E-state index contributed by atoms with van der Waals surface area (Å²) in [6.07, 6.45) is 1.39. The number of fused-ring (bicyclic) bond motifs is 1. The molecule has 2 atom stereocenters. The largest absolute Gasteiger partial charge is 0.477 e. The van der Waals surface area contributed by atoms with E-state index in [1.54, 1.807) is 10.6 Å². The fourth-order valence-corrected chi connectivity index (χ4v) is 4.45. The Bertz CT molecular complexity index is 1030. The van der Waals surface area contributed by atoms with Crippen LogP contribution >= 0.6 is 15.9 Å². The number of aromatic nitrogens is 2. The van der Waals surface area contributed by atoms with Crippen LogP contribution in [0.15, 0.2) is 21.5 Å². The van der Waals surface area contributed by atoms with E-state index in [1.165, 1.54) is 6.20 Å². The van der Waals surface area contributed by atoms with Crippen LogP contribution in [0.2, 0.25) is 18.1 Å². The Morgan fingerprint density at radius 2 is 1.94 bits per heavy atom. The standard InChI is InChI=1S/C22H33BrN2O5Si/c1-9-29-20-17(23)10-15-18(26)16(21(27)28)11-25(19(15)24-20)14(3)13(2)12-30-31(7,8)22(4,5)6/h10-11,13-14H,9,12H2,1-8H3,(H,27,28). The molecule has 0 amide bonds.